The van der Waals surface area contributed by atoms with Crippen molar-refractivity contribution in [1.82, 2.24) is 14.9 Å². The predicted molar refractivity (Wildman–Crippen MR) is 105 cm³/mol. The minimum absolute atomic E-state index is 0.0176. The summed E-state index contributed by atoms with van der Waals surface area (Å²) in [5, 5.41) is 4.69. The number of furan rings is 1. The molecule has 2 aromatic heterocycles. The second-order valence-electron chi connectivity index (χ2n) is 6.51. The van der Waals surface area contributed by atoms with Crippen LogP contribution < -0.4 is 10.0 Å². The first-order valence-corrected chi connectivity index (χ1v) is 11.4. The average molecular weight is 426 g/mol. The van der Waals surface area contributed by atoms with Crippen molar-refractivity contribution in [1.29, 1.82) is 0 Å². The lowest BCUT2D eigenvalue weighted by Crippen LogP contribution is -2.43. The summed E-state index contributed by atoms with van der Waals surface area (Å²) in [5.74, 6) is -0.491. The summed E-state index contributed by atoms with van der Waals surface area (Å²) in [4.78, 5) is 27.7. The van der Waals surface area contributed by atoms with Crippen molar-refractivity contribution in [2.75, 3.05) is 26.7 Å². The fraction of sp³-hybridized carbons (Fsp3) is 0.444. The van der Waals surface area contributed by atoms with Gasteiger partial charge < -0.3 is 14.6 Å². The molecule has 1 aliphatic rings. The summed E-state index contributed by atoms with van der Waals surface area (Å²) >= 11 is 1.67. The van der Waals surface area contributed by atoms with E-state index in [1.165, 1.54) is 24.1 Å². The van der Waals surface area contributed by atoms with Crippen LogP contribution in [0.25, 0.3) is 0 Å². The molecule has 2 amide bonds. The summed E-state index contributed by atoms with van der Waals surface area (Å²) in [6.07, 6.45) is 1.95. The van der Waals surface area contributed by atoms with Crippen LogP contribution in [0, 0.1) is 5.92 Å². The molecule has 0 bridgehead atoms. The van der Waals surface area contributed by atoms with Gasteiger partial charge in [0, 0.05) is 30.4 Å². The maximum atomic E-state index is 12.5. The maximum Gasteiger partial charge on any atom is 0.289 e. The first-order chi connectivity index (χ1) is 13.4. The number of carbonyl (C=O) groups excluding carboxylic acids is 2. The third-order valence-corrected chi connectivity index (χ3v) is 6.95. The smallest absolute Gasteiger partial charge is 0.289 e. The van der Waals surface area contributed by atoms with Crippen LogP contribution >= 0.6 is 11.3 Å². The van der Waals surface area contributed by atoms with Crippen molar-refractivity contribution in [2.24, 2.45) is 5.92 Å². The number of likely N-dealkylation sites (tertiary alicyclic amines) is 1. The summed E-state index contributed by atoms with van der Waals surface area (Å²) in [6.45, 7) is 1.46. The summed E-state index contributed by atoms with van der Waals surface area (Å²) in [5.41, 5.74) is 0. The second-order valence-corrected chi connectivity index (χ2v) is 9.36. The van der Waals surface area contributed by atoms with Crippen LogP contribution in [0.3, 0.4) is 0 Å². The third kappa shape index (κ3) is 4.81. The lowest BCUT2D eigenvalue weighted by Gasteiger charge is -2.30. The van der Waals surface area contributed by atoms with Crippen LogP contribution in [0.2, 0.25) is 0 Å². The van der Waals surface area contributed by atoms with Crippen molar-refractivity contribution < 1.29 is 22.4 Å². The largest absolute Gasteiger partial charge is 0.438 e. The van der Waals surface area contributed by atoms with Gasteiger partial charge in [0.05, 0.1) is 0 Å². The minimum Gasteiger partial charge on any atom is -0.438 e. The number of nitrogens with zero attached hydrogens (tertiary/aromatic N) is 1. The molecule has 0 aromatic carbocycles. The van der Waals surface area contributed by atoms with E-state index in [1.54, 1.807) is 16.2 Å². The van der Waals surface area contributed by atoms with Gasteiger partial charge in [0.2, 0.25) is 11.0 Å². The minimum atomic E-state index is -3.73. The lowest BCUT2D eigenvalue weighted by molar-refractivity contribution is -0.126. The molecule has 2 aromatic rings. The van der Waals surface area contributed by atoms with Crippen LogP contribution in [-0.2, 0) is 21.2 Å². The summed E-state index contributed by atoms with van der Waals surface area (Å²) < 4.78 is 30.8. The molecule has 1 fully saturated rings. The lowest BCUT2D eigenvalue weighted by atomic mass is 9.95. The molecule has 0 atom stereocenters. The van der Waals surface area contributed by atoms with Crippen molar-refractivity contribution in [3.05, 3.63) is 40.3 Å². The number of sulfonamides is 1. The molecule has 1 saturated heterocycles. The predicted octanol–water partition coefficient (Wildman–Crippen LogP) is 1.46. The number of amides is 2. The number of hydrogen-bond donors (Lipinski definition) is 2. The molecule has 10 heteroatoms. The van der Waals surface area contributed by atoms with Gasteiger partial charge in [-0.3, -0.25) is 9.59 Å². The fourth-order valence-electron chi connectivity index (χ4n) is 3.09. The number of piperidine rings is 1. The first-order valence-electron chi connectivity index (χ1n) is 9.03. The van der Waals surface area contributed by atoms with Gasteiger partial charge in [0.15, 0.2) is 5.76 Å². The summed E-state index contributed by atoms with van der Waals surface area (Å²) in [6, 6.07) is 6.65. The maximum absolute atomic E-state index is 12.5. The van der Waals surface area contributed by atoms with E-state index in [9.17, 15) is 18.0 Å². The molecule has 1 aliphatic heterocycles. The average Bonchev–Trinajstić information content (AvgIpc) is 3.40. The van der Waals surface area contributed by atoms with E-state index < -0.39 is 10.0 Å². The van der Waals surface area contributed by atoms with E-state index >= 15 is 0 Å². The third-order valence-electron chi connectivity index (χ3n) is 4.73. The molecule has 2 N–H and O–H groups in total. The molecule has 8 nitrogen and oxygen atoms in total. The Balaban J connectivity index is 1.48. The number of nitrogens with one attached hydrogen (secondary N) is 2. The topological polar surface area (TPSA) is 109 Å². The zero-order chi connectivity index (χ0) is 20.1. The molecule has 0 aliphatic carbocycles. The highest BCUT2D eigenvalue weighted by atomic mass is 32.2. The Kier molecular flexibility index (Phi) is 6.53. The molecule has 0 unspecified atom stereocenters. The number of rotatable bonds is 7. The molecule has 0 spiro atoms. The van der Waals surface area contributed by atoms with Crippen LogP contribution in [0.4, 0.5) is 0 Å². The second kappa shape index (κ2) is 8.89. The van der Waals surface area contributed by atoms with Crippen LogP contribution in [0.1, 0.15) is 28.3 Å². The van der Waals surface area contributed by atoms with Gasteiger partial charge in [-0.25, -0.2) is 13.1 Å². The highest BCUT2D eigenvalue weighted by Crippen LogP contribution is 2.21. The van der Waals surface area contributed by atoms with E-state index in [4.69, 9.17) is 4.42 Å². The molecule has 28 heavy (non-hydrogen) atoms. The molecule has 0 saturated carbocycles. The highest BCUT2D eigenvalue weighted by Gasteiger charge is 2.29. The Morgan fingerprint density at radius 1 is 1.25 bits per heavy atom. The number of carbonyl (C=O) groups is 2. The van der Waals surface area contributed by atoms with Gasteiger partial charge in [-0.2, -0.15) is 0 Å². The Morgan fingerprint density at radius 3 is 2.64 bits per heavy atom. The van der Waals surface area contributed by atoms with Gasteiger partial charge in [0.1, 0.15) is 0 Å². The van der Waals surface area contributed by atoms with Crippen LogP contribution in [0.15, 0.2) is 39.2 Å². The zero-order valence-electron chi connectivity index (χ0n) is 15.5. The van der Waals surface area contributed by atoms with Gasteiger partial charge >= 0.3 is 0 Å². The van der Waals surface area contributed by atoms with Crippen molar-refractivity contribution in [3.8, 4) is 0 Å². The van der Waals surface area contributed by atoms with E-state index in [1.807, 2.05) is 17.5 Å². The van der Waals surface area contributed by atoms with Gasteiger partial charge in [-0.1, -0.05) is 6.07 Å². The molecular weight excluding hydrogens is 402 g/mol. The van der Waals surface area contributed by atoms with E-state index in [-0.39, 0.29) is 28.6 Å². The molecule has 3 heterocycles. The van der Waals surface area contributed by atoms with Crippen molar-refractivity contribution in [3.63, 3.8) is 0 Å². The fourth-order valence-corrected chi connectivity index (χ4v) is 4.45. The SMILES string of the molecule is CNS(=O)(=O)c1ccc(C(=O)N2CCC(C(=O)NCCc3cccs3)CC2)o1. The number of hydrogen-bond acceptors (Lipinski definition) is 6. The van der Waals surface area contributed by atoms with Gasteiger partial charge in [0.25, 0.3) is 15.9 Å². The van der Waals surface area contributed by atoms with Crippen molar-refractivity contribution >= 4 is 33.2 Å². The van der Waals surface area contributed by atoms with Gasteiger partial charge in [-0.05, 0) is 49.9 Å². The first kappa shape index (κ1) is 20.6. The number of thiophene rings is 1. The Morgan fingerprint density at radius 2 is 2.00 bits per heavy atom. The van der Waals surface area contributed by atoms with Crippen LogP contribution in [-0.4, -0.2) is 51.8 Å². The zero-order valence-corrected chi connectivity index (χ0v) is 17.1. The van der Waals surface area contributed by atoms with Gasteiger partial charge in [-0.15, -0.1) is 11.3 Å². The Labute approximate surface area is 168 Å². The van der Waals surface area contributed by atoms with E-state index in [0.717, 1.165) is 6.42 Å². The molecule has 3 rings (SSSR count). The Hall–Kier alpha value is -2.17. The van der Waals surface area contributed by atoms with Crippen molar-refractivity contribution in [2.45, 2.75) is 24.4 Å². The normalized spacial score (nSPS) is 15.5. The molecule has 152 valence electrons. The molecular formula is C18H23N3O5S2. The van der Waals surface area contributed by atoms with E-state index in [0.29, 0.717) is 32.5 Å². The highest BCUT2D eigenvalue weighted by molar-refractivity contribution is 7.89. The monoisotopic (exact) mass is 425 g/mol. The van der Waals surface area contributed by atoms with E-state index in [2.05, 4.69) is 10.0 Å². The summed E-state index contributed by atoms with van der Waals surface area (Å²) in [7, 11) is -2.45. The standard InChI is InChI=1S/C18H23N3O5S2/c1-19-28(24,25)16-5-4-15(26-16)18(23)21-10-7-13(8-11-21)17(22)20-9-6-14-3-2-12-27-14/h2-5,12-13,19H,6-11H2,1H3,(H,20,22). The Bertz CT molecular complexity index is 913. The van der Waals surface area contributed by atoms with Crippen LogP contribution in [0.5, 0.6) is 0 Å². The molecule has 0 radical (unpaired) electrons. The quantitative estimate of drug-likeness (QED) is 0.698.